The van der Waals surface area contributed by atoms with Gasteiger partial charge in [0.25, 0.3) is 0 Å². The number of ether oxygens (including phenoxy) is 2. The van der Waals surface area contributed by atoms with Gasteiger partial charge in [-0.3, -0.25) is 0 Å². The van der Waals surface area contributed by atoms with E-state index in [0.717, 1.165) is 32.5 Å². The SMILES string of the molecule is CCN(CC)C(=O)N1CCCC(Oc2ccc(OC)nn2)C1. The van der Waals surface area contributed by atoms with E-state index >= 15 is 0 Å². The van der Waals surface area contributed by atoms with Crippen LogP contribution in [-0.4, -0.2) is 65.4 Å². The Morgan fingerprint density at radius 1 is 1.32 bits per heavy atom. The summed E-state index contributed by atoms with van der Waals surface area (Å²) in [5.41, 5.74) is 0. The van der Waals surface area contributed by atoms with E-state index in [4.69, 9.17) is 9.47 Å². The molecule has 0 radical (unpaired) electrons. The number of hydrogen-bond acceptors (Lipinski definition) is 5. The van der Waals surface area contributed by atoms with E-state index in [0.29, 0.717) is 18.3 Å². The van der Waals surface area contributed by atoms with Crippen LogP contribution in [0.5, 0.6) is 11.8 Å². The van der Waals surface area contributed by atoms with Crippen LogP contribution in [0.15, 0.2) is 12.1 Å². The Morgan fingerprint density at radius 2 is 2.00 bits per heavy atom. The van der Waals surface area contributed by atoms with Gasteiger partial charge in [-0.1, -0.05) is 0 Å². The second-order valence-corrected chi connectivity index (χ2v) is 5.20. The first-order chi connectivity index (χ1) is 10.7. The Hall–Kier alpha value is -2.05. The molecule has 122 valence electrons. The van der Waals surface area contributed by atoms with Crippen molar-refractivity contribution in [2.24, 2.45) is 0 Å². The lowest BCUT2D eigenvalue weighted by atomic mass is 10.1. The maximum Gasteiger partial charge on any atom is 0.320 e. The fourth-order valence-electron chi connectivity index (χ4n) is 2.55. The lowest BCUT2D eigenvalue weighted by molar-refractivity contribution is 0.0829. The van der Waals surface area contributed by atoms with E-state index in [-0.39, 0.29) is 12.1 Å². The van der Waals surface area contributed by atoms with Gasteiger partial charge < -0.3 is 19.3 Å². The molecule has 0 N–H and O–H groups in total. The lowest BCUT2D eigenvalue weighted by Gasteiger charge is -2.35. The second-order valence-electron chi connectivity index (χ2n) is 5.20. The molecule has 0 saturated carbocycles. The molecule has 1 aromatic rings. The van der Waals surface area contributed by atoms with Crippen LogP contribution in [0, 0.1) is 0 Å². The molecule has 0 aromatic carbocycles. The van der Waals surface area contributed by atoms with Gasteiger partial charge in [0.2, 0.25) is 11.8 Å². The molecule has 7 nitrogen and oxygen atoms in total. The van der Waals surface area contributed by atoms with Gasteiger partial charge in [-0.2, -0.15) is 0 Å². The zero-order chi connectivity index (χ0) is 15.9. The normalized spacial score (nSPS) is 18.0. The number of aromatic nitrogens is 2. The molecule has 2 rings (SSSR count). The van der Waals surface area contributed by atoms with Crippen molar-refractivity contribution in [3.05, 3.63) is 12.1 Å². The number of methoxy groups -OCH3 is 1. The van der Waals surface area contributed by atoms with Crippen LogP contribution in [0.4, 0.5) is 4.79 Å². The van der Waals surface area contributed by atoms with Crippen molar-refractivity contribution >= 4 is 6.03 Å². The molecule has 1 aromatic heterocycles. The van der Waals surface area contributed by atoms with Crippen molar-refractivity contribution in [1.82, 2.24) is 20.0 Å². The standard InChI is InChI=1S/C15H24N4O3/c1-4-18(5-2)15(20)19-10-6-7-12(11-19)22-14-9-8-13(21-3)16-17-14/h8-9,12H,4-7,10-11H2,1-3H3. The molecule has 0 bridgehead atoms. The summed E-state index contributed by atoms with van der Waals surface area (Å²) < 4.78 is 10.8. The maximum absolute atomic E-state index is 12.4. The Labute approximate surface area is 131 Å². The minimum atomic E-state index is -0.0454. The van der Waals surface area contributed by atoms with Crippen LogP contribution < -0.4 is 9.47 Å². The van der Waals surface area contributed by atoms with Crippen LogP contribution in [0.2, 0.25) is 0 Å². The summed E-state index contributed by atoms with van der Waals surface area (Å²) in [4.78, 5) is 16.1. The minimum Gasteiger partial charge on any atom is -0.480 e. The second kappa shape index (κ2) is 7.82. The molecule has 2 amide bonds. The summed E-state index contributed by atoms with van der Waals surface area (Å²) in [7, 11) is 1.54. The van der Waals surface area contributed by atoms with E-state index in [2.05, 4.69) is 10.2 Å². The molecule has 0 aliphatic carbocycles. The summed E-state index contributed by atoms with van der Waals surface area (Å²) in [5.74, 6) is 0.914. The van der Waals surface area contributed by atoms with E-state index < -0.39 is 0 Å². The van der Waals surface area contributed by atoms with Crippen molar-refractivity contribution in [3.8, 4) is 11.8 Å². The predicted molar refractivity (Wildman–Crippen MR) is 82.1 cm³/mol. The molecule has 2 heterocycles. The van der Waals surface area contributed by atoms with E-state index in [1.807, 2.05) is 23.6 Å². The van der Waals surface area contributed by atoms with Gasteiger partial charge in [-0.15, -0.1) is 10.2 Å². The van der Waals surface area contributed by atoms with Gasteiger partial charge in [0, 0.05) is 31.8 Å². The smallest absolute Gasteiger partial charge is 0.320 e. The zero-order valence-electron chi connectivity index (χ0n) is 13.5. The Morgan fingerprint density at radius 3 is 2.59 bits per heavy atom. The third kappa shape index (κ3) is 3.99. The van der Waals surface area contributed by atoms with Crippen molar-refractivity contribution < 1.29 is 14.3 Å². The van der Waals surface area contributed by atoms with Gasteiger partial charge in [0.05, 0.1) is 13.7 Å². The number of likely N-dealkylation sites (tertiary alicyclic amines) is 1. The lowest BCUT2D eigenvalue weighted by Crippen LogP contribution is -2.50. The number of urea groups is 1. The molecule has 1 aliphatic heterocycles. The number of piperidine rings is 1. The van der Waals surface area contributed by atoms with Crippen molar-refractivity contribution in [2.75, 3.05) is 33.3 Å². The molecule has 1 saturated heterocycles. The van der Waals surface area contributed by atoms with E-state index in [9.17, 15) is 4.79 Å². The average Bonchev–Trinajstić information content (AvgIpc) is 2.57. The number of hydrogen-bond donors (Lipinski definition) is 0. The Bertz CT molecular complexity index is 476. The fourth-order valence-corrected chi connectivity index (χ4v) is 2.55. The number of carbonyl (C=O) groups is 1. The number of amides is 2. The van der Waals surface area contributed by atoms with Crippen molar-refractivity contribution in [2.45, 2.75) is 32.8 Å². The third-order valence-electron chi connectivity index (χ3n) is 3.79. The molecular weight excluding hydrogens is 284 g/mol. The molecule has 7 heteroatoms. The highest BCUT2D eigenvalue weighted by atomic mass is 16.5. The fraction of sp³-hybridized carbons (Fsp3) is 0.667. The van der Waals surface area contributed by atoms with Crippen LogP contribution in [0.25, 0.3) is 0 Å². The topological polar surface area (TPSA) is 67.8 Å². The molecular formula is C15H24N4O3. The quantitative estimate of drug-likeness (QED) is 0.829. The minimum absolute atomic E-state index is 0.0454. The highest BCUT2D eigenvalue weighted by Crippen LogP contribution is 2.18. The first-order valence-corrected chi connectivity index (χ1v) is 7.76. The van der Waals surface area contributed by atoms with Crippen LogP contribution in [0.1, 0.15) is 26.7 Å². The molecule has 22 heavy (non-hydrogen) atoms. The largest absolute Gasteiger partial charge is 0.480 e. The Kier molecular flexibility index (Phi) is 5.80. The zero-order valence-corrected chi connectivity index (χ0v) is 13.5. The molecule has 1 atom stereocenters. The van der Waals surface area contributed by atoms with Gasteiger partial charge in [-0.25, -0.2) is 4.79 Å². The summed E-state index contributed by atoms with van der Waals surface area (Å²) >= 11 is 0. The monoisotopic (exact) mass is 308 g/mol. The first kappa shape index (κ1) is 16.3. The summed E-state index contributed by atoms with van der Waals surface area (Å²) in [6.07, 6.45) is 1.80. The average molecular weight is 308 g/mol. The van der Waals surface area contributed by atoms with Gasteiger partial charge >= 0.3 is 6.03 Å². The summed E-state index contributed by atoms with van der Waals surface area (Å²) in [5, 5.41) is 7.86. The van der Waals surface area contributed by atoms with Crippen molar-refractivity contribution in [3.63, 3.8) is 0 Å². The summed E-state index contributed by atoms with van der Waals surface area (Å²) in [6, 6.07) is 3.53. The third-order valence-corrected chi connectivity index (χ3v) is 3.79. The highest BCUT2D eigenvalue weighted by molar-refractivity contribution is 5.74. The predicted octanol–water partition coefficient (Wildman–Crippen LogP) is 1.79. The molecule has 1 fully saturated rings. The van der Waals surface area contributed by atoms with Gasteiger partial charge in [0.1, 0.15) is 6.10 Å². The van der Waals surface area contributed by atoms with Crippen LogP contribution >= 0.6 is 0 Å². The highest BCUT2D eigenvalue weighted by Gasteiger charge is 2.27. The number of rotatable bonds is 5. The van der Waals surface area contributed by atoms with Crippen LogP contribution in [0.3, 0.4) is 0 Å². The molecule has 1 aliphatic rings. The van der Waals surface area contributed by atoms with Crippen LogP contribution in [-0.2, 0) is 0 Å². The van der Waals surface area contributed by atoms with Crippen molar-refractivity contribution in [1.29, 1.82) is 0 Å². The molecule has 0 spiro atoms. The van der Waals surface area contributed by atoms with E-state index in [1.165, 1.54) is 0 Å². The van der Waals surface area contributed by atoms with Gasteiger partial charge in [-0.05, 0) is 26.7 Å². The Balaban J connectivity index is 1.93. The summed E-state index contributed by atoms with van der Waals surface area (Å²) in [6.45, 7) is 6.80. The van der Waals surface area contributed by atoms with E-state index in [1.54, 1.807) is 19.2 Å². The molecule has 1 unspecified atom stereocenters. The van der Waals surface area contributed by atoms with Gasteiger partial charge in [0.15, 0.2) is 0 Å². The number of carbonyl (C=O) groups excluding carboxylic acids is 1. The number of nitrogens with zero attached hydrogens (tertiary/aromatic N) is 4. The maximum atomic E-state index is 12.4. The first-order valence-electron chi connectivity index (χ1n) is 7.76.